The lowest BCUT2D eigenvalue weighted by molar-refractivity contribution is -0.435. The summed E-state index contributed by atoms with van der Waals surface area (Å²) in [6.45, 7) is 3.31. The van der Waals surface area contributed by atoms with Gasteiger partial charge in [-0.25, -0.2) is 9.97 Å². The van der Waals surface area contributed by atoms with Crippen molar-refractivity contribution in [3.05, 3.63) is 166 Å². The Hall–Kier alpha value is -5.12. The Morgan fingerprint density at radius 1 is 0.639 bits per heavy atom. The number of hydrogen-bond acceptors (Lipinski definition) is 14. The van der Waals surface area contributed by atoms with Crippen molar-refractivity contribution in [1.82, 2.24) is 9.97 Å². The predicted molar refractivity (Wildman–Crippen MR) is 243 cm³/mol. The predicted octanol–water partition coefficient (Wildman–Crippen LogP) is 10.5. The molecule has 2 atom stereocenters. The van der Waals surface area contributed by atoms with Gasteiger partial charge in [0.15, 0.2) is 9.74 Å². The van der Waals surface area contributed by atoms with Gasteiger partial charge in [0.2, 0.25) is 5.69 Å². The summed E-state index contributed by atoms with van der Waals surface area (Å²) in [5.74, 6) is 0. The molecule has 0 amide bonds. The smallest absolute Gasteiger partial charge is 0.295 e. The number of thioether (sulfide) groups is 2. The molecule has 0 fully saturated rings. The third kappa shape index (κ3) is 6.74. The van der Waals surface area contributed by atoms with Crippen LogP contribution in [0.1, 0.15) is 48.9 Å². The Labute approximate surface area is 365 Å². The number of allylic oxidation sites excluding steroid dienone is 6. The largest absolute Gasteiger partial charge is 0.594 e. The van der Waals surface area contributed by atoms with E-state index in [4.69, 9.17) is 9.98 Å². The minimum absolute atomic E-state index is 0.154. The van der Waals surface area contributed by atoms with E-state index < -0.39 is 30.0 Å². The van der Waals surface area contributed by atoms with Crippen molar-refractivity contribution in [2.24, 2.45) is 15.1 Å². The molecule has 6 aromatic rings. The number of azo groups is 1. The van der Waals surface area contributed by atoms with Crippen LogP contribution >= 0.6 is 46.2 Å². The van der Waals surface area contributed by atoms with Gasteiger partial charge in [-0.05, 0) is 95.8 Å². The third-order valence-electron chi connectivity index (χ3n) is 10.8. The average Bonchev–Trinajstić information content (AvgIpc) is 4.04. The Bertz CT molecular complexity index is 3350. The van der Waals surface area contributed by atoms with Gasteiger partial charge in [0, 0.05) is 30.1 Å². The van der Waals surface area contributed by atoms with Gasteiger partial charge in [-0.15, -0.1) is 22.7 Å². The van der Waals surface area contributed by atoms with Crippen LogP contribution in [0, 0.1) is 5.21 Å². The first-order valence-electron chi connectivity index (χ1n) is 18.5. The van der Waals surface area contributed by atoms with Gasteiger partial charge in [-0.2, -0.15) is 16.8 Å². The highest BCUT2D eigenvalue weighted by molar-refractivity contribution is 8.06. The van der Waals surface area contributed by atoms with Crippen LogP contribution in [-0.2, 0) is 30.0 Å². The van der Waals surface area contributed by atoms with Crippen LogP contribution < -0.4 is 0 Å². The second kappa shape index (κ2) is 14.5. The highest BCUT2D eigenvalue weighted by Gasteiger charge is 2.47. The second-order valence-corrected chi connectivity index (χ2v) is 21.5. The molecule has 13 nitrogen and oxygen atoms in total. The van der Waals surface area contributed by atoms with Crippen LogP contribution in [-0.4, -0.2) is 52.2 Å². The molecule has 61 heavy (non-hydrogen) atoms. The molecule has 0 saturated heterocycles. The van der Waals surface area contributed by atoms with Crippen molar-refractivity contribution >= 4 is 110 Å². The maximum absolute atomic E-state index is 13.6. The maximum Gasteiger partial charge on any atom is 0.295 e. The summed E-state index contributed by atoms with van der Waals surface area (Å²) < 4.78 is 72.9. The molecule has 2 unspecified atom stereocenters. The summed E-state index contributed by atoms with van der Waals surface area (Å²) in [5.41, 5.74) is 10.7. The first kappa shape index (κ1) is 40.0. The molecular weight excluding hydrogens is 893 g/mol. The Balaban J connectivity index is 1.00. The number of fused-ring (bicyclic) bond motifs is 4. The molecule has 0 radical (unpaired) electrons. The fourth-order valence-corrected chi connectivity index (χ4v) is 14.8. The van der Waals surface area contributed by atoms with E-state index in [9.17, 15) is 31.1 Å². The van der Waals surface area contributed by atoms with E-state index in [2.05, 4.69) is 15.1 Å². The summed E-state index contributed by atoms with van der Waals surface area (Å²) in [6, 6.07) is 25.4. The fraction of sp³-hybridized carbons (Fsp3) is 0.143. The monoisotopic (exact) mass is 922 g/mol. The average molecular weight is 923 g/mol. The second-order valence-electron chi connectivity index (χ2n) is 14.6. The zero-order valence-corrected chi connectivity index (χ0v) is 36.8. The van der Waals surface area contributed by atoms with Crippen LogP contribution in [0.2, 0.25) is 0 Å². The summed E-state index contributed by atoms with van der Waals surface area (Å²) in [5, 5.41) is 18.0. The van der Waals surface area contributed by atoms with Gasteiger partial charge in [0.05, 0.1) is 52.7 Å². The maximum atomic E-state index is 13.6. The number of aliphatic imine (C=N–C) groups is 2. The van der Waals surface area contributed by atoms with Gasteiger partial charge in [0.1, 0.15) is 15.5 Å². The van der Waals surface area contributed by atoms with E-state index in [0.717, 1.165) is 31.6 Å². The normalized spacial score (nSPS) is 22.0. The van der Waals surface area contributed by atoms with E-state index in [1.165, 1.54) is 46.2 Å². The number of aromatic nitrogens is 2. The molecule has 0 bridgehead atoms. The standard InChI is InChI=1S/C42H30N6O7S6/c1-23-3-15-33-37(39(23)60(50,51)52)58-41(45-33,27-9-17-31-35(19-27)56-21-43-31)25-5-11-29(12-6-25)47-48(49)30-13-7-26(8-14-30)42(28-10-18-32-36(20-28)57-22-44-32)46-34-16-4-24(2)40(38(34)59-42)61(53,54)55/h3-14,17-22H,15-16H2,1-2H3,(H,50,51,52)(H,53,54,55). The molecule has 0 spiro atoms. The van der Waals surface area contributed by atoms with Crippen molar-refractivity contribution in [2.75, 3.05) is 0 Å². The molecule has 2 N–H and O–H groups in total. The van der Waals surface area contributed by atoms with Crippen molar-refractivity contribution in [1.29, 1.82) is 0 Å². The van der Waals surface area contributed by atoms with E-state index in [1.807, 2.05) is 36.4 Å². The minimum Gasteiger partial charge on any atom is -0.594 e. The van der Waals surface area contributed by atoms with Crippen molar-refractivity contribution in [3.8, 4) is 0 Å². The fourth-order valence-electron chi connectivity index (χ4n) is 7.95. The molecule has 2 aliphatic heterocycles. The van der Waals surface area contributed by atoms with Gasteiger partial charge in [-0.1, -0.05) is 64.8 Å². The minimum atomic E-state index is -4.57. The number of thiazole rings is 2. The molecular formula is C42H30N6O7S6. The topological polar surface area (TPSA) is 198 Å². The van der Waals surface area contributed by atoms with Crippen LogP contribution in [0.3, 0.4) is 0 Å². The Kier molecular flexibility index (Phi) is 9.49. The summed E-state index contributed by atoms with van der Waals surface area (Å²) in [7, 11) is -9.13. The van der Waals surface area contributed by atoms with Gasteiger partial charge >= 0.3 is 0 Å². The molecule has 10 rings (SSSR count). The molecule has 4 aromatic carbocycles. The van der Waals surface area contributed by atoms with Crippen LogP contribution in [0.5, 0.6) is 0 Å². The lowest BCUT2D eigenvalue weighted by Crippen LogP contribution is -2.19. The molecule has 19 heteroatoms. The highest BCUT2D eigenvalue weighted by atomic mass is 32.2. The van der Waals surface area contributed by atoms with Crippen molar-refractivity contribution < 1.29 is 30.8 Å². The first-order chi connectivity index (χ1) is 29.1. The number of hydrogen-bond donors (Lipinski definition) is 2. The lowest BCUT2D eigenvalue weighted by Gasteiger charge is -2.27. The Morgan fingerprint density at radius 3 is 1.51 bits per heavy atom. The van der Waals surface area contributed by atoms with E-state index in [0.29, 0.717) is 66.9 Å². The van der Waals surface area contributed by atoms with Gasteiger partial charge < -0.3 is 5.21 Å². The SMILES string of the molecule is CC1=CCC2=NC(c3ccc(N=[N+]([O-])c4ccc(C5(c6ccc7ncsc7c6)N=C6CC=C(C)C(S(=O)(=O)O)=C6S5)cc4)cc3)(c3ccc4ncsc4c3)SC2=C1S(=O)(=O)O. The number of benzene rings is 4. The van der Waals surface area contributed by atoms with E-state index >= 15 is 0 Å². The van der Waals surface area contributed by atoms with Crippen LogP contribution in [0.15, 0.2) is 154 Å². The Morgan fingerprint density at radius 2 is 1.07 bits per heavy atom. The lowest BCUT2D eigenvalue weighted by atomic mass is 9.97. The summed E-state index contributed by atoms with van der Waals surface area (Å²) in [6.07, 6.45) is 4.26. The van der Waals surface area contributed by atoms with Gasteiger partial charge in [-0.3, -0.25) is 19.1 Å². The zero-order valence-electron chi connectivity index (χ0n) is 31.9. The van der Waals surface area contributed by atoms with Crippen molar-refractivity contribution in [3.63, 3.8) is 0 Å². The molecule has 4 aliphatic rings. The van der Waals surface area contributed by atoms with Crippen molar-refractivity contribution in [2.45, 2.75) is 36.4 Å². The quantitative estimate of drug-likeness (QED) is 0.0637. The summed E-state index contributed by atoms with van der Waals surface area (Å²) in [4.78, 5) is 17.8. The third-order valence-corrected chi connectivity index (χ3v) is 17.8. The van der Waals surface area contributed by atoms with E-state index in [-0.39, 0.29) is 15.5 Å². The molecule has 4 heterocycles. The van der Waals surface area contributed by atoms with Gasteiger partial charge in [0.25, 0.3) is 20.2 Å². The van der Waals surface area contributed by atoms with Crippen LogP contribution in [0.25, 0.3) is 20.4 Å². The number of nitrogens with zero attached hydrogens (tertiary/aromatic N) is 6. The first-order valence-corrected chi connectivity index (χ1v) is 24.8. The number of rotatable bonds is 8. The summed E-state index contributed by atoms with van der Waals surface area (Å²) >= 11 is 5.44. The van der Waals surface area contributed by atoms with Crippen LogP contribution in [0.4, 0.5) is 11.4 Å². The highest BCUT2D eigenvalue weighted by Crippen LogP contribution is 2.58. The zero-order chi connectivity index (χ0) is 42.5. The van der Waals surface area contributed by atoms with E-state index in [1.54, 1.807) is 85.6 Å². The molecule has 306 valence electrons. The molecule has 0 saturated carbocycles. The molecule has 2 aromatic heterocycles. The molecule has 2 aliphatic carbocycles.